The second kappa shape index (κ2) is 8.41. The van der Waals surface area contributed by atoms with Crippen LogP contribution in [0.15, 0.2) is 60.2 Å². The highest BCUT2D eigenvalue weighted by molar-refractivity contribution is 7.71. The number of benzene rings is 1. The number of hydrogen-bond donors (Lipinski definition) is 0. The van der Waals surface area contributed by atoms with Crippen LogP contribution in [0.5, 0.6) is 0 Å². The molecule has 1 aromatic carbocycles. The normalized spacial score (nSPS) is 11.3. The second-order valence-corrected chi connectivity index (χ2v) is 8.56. The van der Waals surface area contributed by atoms with E-state index in [2.05, 4.69) is 66.5 Å². The lowest BCUT2D eigenvalue weighted by Crippen LogP contribution is -2.22. The highest BCUT2D eigenvalue weighted by atomic mass is 32.1. The maximum absolute atomic E-state index is 5.84. The maximum atomic E-state index is 5.84. The van der Waals surface area contributed by atoms with Crippen LogP contribution in [0.25, 0.3) is 17.1 Å². The summed E-state index contributed by atoms with van der Waals surface area (Å²) in [5.74, 6) is 0.821. The van der Waals surface area contributed by atoms with Crippen LogP contribution in [0.4, 0.5) is 0 Å². The largest absolute Gasteiger partial charge is 0.282 e. The number of aryl methyl sites for hydroxylation is 2. The highest BCUT2D eigenvalue weighted by Gasteiger charge is 2.16. The number of rotatable bonds is 6. The van der Waals surface area contributed by atoms with Gasteiger partial charge in [0.05, 0.1) is 6.67 Å². The molecule has 4 rings (SSSR count). The van der Waals surface area contributed by atoms with Gasteiger partial charge in [-0.2, -0.15) is 0 Å². The van der Waals surface area contributed by atoms with E-state index in [1.54, 1.807) is 23.7 Å². The summed E-state index contributed by atoms with van der Waals surface area (Å²) < 4.78 is 4.61. The number of thiophene rings is 1. The van der Waals surface area contributed by atoms with Crippen LogP contribution < -0.4 is 0 Å². The average Bonchev–Trinajstić information content (AvgIpc) is 3.26. The van der Waals surface area contributed by atoms with Gasteiger partial charge in [-0.05, 0) is 74.4 Å². The molecule has 0 amide bonds. The molecule has 0 saturated heterocycles. The van der Waals surface area contributed by atoms with Gasteiger partial charge in [0.15, 0.2) is 5.82 Å². The van der Waals surface area contributed by atoms with Crippen molar-refractivity contribution in [1.29, 1.82) is 0 Å². The van der Waals surface area contributed by atoms with Gasteiger partial charge >= 0.3 is 0 Å². The smallest absolute Gasteiger partial charge is 0.204 e. The van der Waals surface area contributed by atoms with Gasteiger partial charge in [-0.15, -0.1) is 16.4 Å². The predicted octanol–water partition coefficient (Wildman–Crippen LogP) is 5.23. The number of nitrogens with zero attached hydrogens (tertiary/aromatic N) is 5. The van der Waals surface area contributed by atoms with E-state index in [0.717, 1.165) is 23.6 Å². The molecule has 5 nitrogen and oxygen atoms in total. The summed E-state index contributed by atoms with van der Waals surface area (Å²) in [6.45, 7) is 5.72. The van der Waals surface area contributed by atoms with Gasteiger partial charge < -0.3 is 0 Å². The Morgan fingerprint density at radius 2 is 1.76 bits per heavy atom. The Balaban J connectivity index is 1.72. The zero-order chi connectivity index (χ0) is 20.4. The van der Waals surface area contributed by atoms with Gasteiger partial charge in [-0.3, -0.25) is 14.5 Å². The van der Waals surface area contributed by atoms with Crippen molar-refractivity contribution in [3.8, 4) is 17.1 Å². The van der Waals surface area contributed by atoms with E-state index in [1.807, 2.05) is 21.4 Å². The van der Waals surface area contributed by atoms with Gasteiger partial charge in [0.2, 0.25) is 4.77 Å². The molecule has 7 heteroatoms. The fourth-order valence-electron chi connectivity index (χ4n) is 3.20. The van der Waals surface area contributed by atoms with Crippen LogP contribution in [-0.4, -0.2) is 31.3 Å². The third kappa shape index (κ3) is 4.22. The summed E-state index contributed by atoms with van der Waals surface area (Å²) in [5, 5.41) is 7.02. The molecular weight excluding hydrogens is 398 g/mol. The molecule has 0 radical (unpaired) electrons. The van der Waals surface area contributed by atoms with E-state index < -0.39 is 0 Å². The van der Waals surface area contributed by atoms with Crippen molar-refractivity contribution < 1.29 is 0 Å². The SMILES string of the molecule is Cc1ccc(-n2c(-c3ccncc3)nn(CN(C)Cc3sccc3C)c2=S)cc1. The van der Waals surface area contributed by atoms with Crippen molar-refractivity contribution in [3.63, 3.8) is 0 Å². The summed E-state index contributed by atoms with van der Waals surface area (Å²) in [6.07, 6.45) is 3.56. The van der Waals surface area contributed by atoms with Gasteiger partial charge in [-0.1, -0.05) is 17.7 Å². The first-order valence-corrected chi connectivity index (χ1v) is 10.7. The molecule has 0 N–H and O–H groups in total. The zero-order valence-electron chi connectivity index (χ0n) is 16.7. The van der Waals surface area contributed by atoms with Crippen LogP contribution in [0.1, 0.15) is 16.0 Å². The fourth-order valence-corrected chi connectivity index (χ4v) is 4.48. The lowest BCUT2D eigenvalue weighted by molar-refractivity contribution is 0.246. The Kier molecular flexibility index (Phi) is 5.71. The first-order chi connectivity index (χ1) is 14.0. The molecule has 3 heterocycles. The monoisotopic (exact) mass is 421 g/mol. The number of pyridine rings is 1. The Labute approximate surface area is 179 Å². The molecule has 0 aliphatic carbocycles. The highest BCUT2D eigenvalue weighted by Crippen LogP contribution is 2.23. The predicted molar refractivity (Wildman–Crippen MR) is 121 cm³/mol. The summed E-state index contributed by atoms with van der Waals surface area (Å²) in [4.78, 5) is 7.74. The Morgan fingerprint density at radius 3 is 2.41 bits per heavy atom. The Hall–Kier alpha value is -2.61. The Morgan fingerprint density at radius 1 is 1.03 bits per heavy atom. The van der Waals surface area contributed by atoms with E-state index in [-0.39, 0.29) is 0 Å². The van der Waals surface area contributed by atoms with Crippen molar-refractivity contribution >= 4 is 23.6 Å². The standard InChI is InChI=1S/C22H23N5S2/c1-16-4-6-19(7-5-16)27-21(18-8-11-23-12-9-18)24-26(22(27)28)15-25(3)14-20-17(2)10-13-29-20/h4-13H,14-15H2,1-3H3. The molecule has 0 saturated carbocycles. The first-order valence-electron chi connectivity index (χ1n) is 9.42. The summed E-state index contributed by atoms with van der Waals surface area (Å²) in [6, 6.07) is 14.4. The average molecular weight is 422 g/mol. The minimum atomic E-state index is 0.618. The van der Waals surface area contributed by atoms with Crippen molar-refractivity contribution in [2.45, 2.75) is 27.1 Å². The number of aromatic nitrogens is 4. The van der Waals surface area contributed by atoms with Crippen LogP contribution in [0.3, 0.4) is 0 Å². The topological polar surface area (TPSA) is 38.9 Å². The van der Waals surface area contributed by atoms with E-state index in [9.17, 15) is 0 Å². The molecule has 0 aliphatic heterocycles. The maximum Gasteiger partial charge on any atom is 0.204 e. The van der Waals surface area contributed by atoms with Crippen molar-refractivity contribution in [2.75, 3.05) is 7.05 Å². The van der Waals surface area contributed by atoms with Crippen LogP contribution in [0, 0.1) is 18.6 Å². The van der Waals surface area contributed by atoms with Gasteiger partial charge in [0.25, 0.3) is 0 Å². The Bertz CT molecular complexity index is 1160. The molecule has 3 aromatic heterocycles. The zero-order valence-corrected chi connectivity index (χ0v) is 18.4. The first kappa shape index (κ1) is 19.7. The molecule has 4 aromatic rings. The number of hydrogen-bond acceptors (Lipinski definition) is 5. The van der Waals surface area contributed by atoms with Crippen LogP contribution >= 0.6 is 23.6 Å². The third-order valence-electron chi connectivity index (χ3n) is 4.83. The molecule has 0 unspecified atom stereocenters. The molecule has 148 valence electrons. The van der Waals surface area contributed by atoms with Crippen molar-refractivity contribution in [1.82, 2.24) is 24.2 Å². The van der Waals surface area contributed by atoms with Crippen LogP contribution in [0.2, 0.25) is 0 Å². The molecule has 0 aliphatic rings. The fraction of sp³-hybridized carbons (Fsp3) is 0.227. The minimum Gasteiger partial charge on any atom is -0.282 e. The molecular formula is C22H23N5S2. The molecule has 0 bridgehead atoms. The second-order valence-electron chi connectivity index (χ2n) is 7.19. The minimum absolute atomic E-state index is 0.618. The van der Waals surface area contributed by atoms with Crippen LogP contribution in [-0.2, 0) is 13.2 Å². The molecule has 0 spiro atoms. The summed E-state index contributed by atoms with van der Waals surface area (Å²) in [7, 11) is 2.10. The third-order valence-corrected chi connectivity index (χ3v) is 6.23. The van der Waals surface area contributed by atoms with E-state index in [4.69, 9.17) is 17.3 Å². The van der Waals surface area contributed by atoms with E-state index in [1.165, 1.54) is 16.0 Å². The van der Waals surface area contributed by atoms with Crippen molar-refractivity contribution in [2.24, 2.45) is 0 Å². The van der Waals surface area contributed by atoms with E-state index >= 15 is 0 Å². The molecule has 29 heavy (non-hydrogen) atoms. The van der Waals surface area contributed by atoms with Gasteiger partial charge in [0.1, 0.15) is 0 Å². The lowest BCUT2D eigenvalue weighted by Gasteiger charge is -2.16. The van der Waals surface area contributed by atoms with Crippen molar-refractivity contribution in [3.05, 3.63) is 81.0 Å². The molecule has 0 atom stereocenters. The summed E-state index contributed by atoms with van der Waals surface area (Å²) >= 11 is 7.63. The quantitative estimate of drug-likeness (QED) is 0.400. The summed E-state index contributed by atoms with van der Waals surface area (Å²) in [5.41, 5.74) is 4.54. The van der Waals surface area contributed by atoms with E-state index in [0.29, 0.717) is 11.4 Å². The lowest BCUT2D eigenvalue weighted by atomic mass is 10.2. The van der Waals surface area contributed by atoms with Gasteiger partial charge in [0, 0.05) is 35.1 Å². The van der Waals surface area contributed by atoms with Gasteiger partial charge in [-0.25, -0.2) is 4.68 Å². The molecule has 0 fully saturated rings.